The van der Waals surface area contributed by atoms with Gasteiger partial charge in [0.05, 0.1) is 19.0 Å². The number of carbonyl (C=O) groups is 4. The molecule has 1 aliphatic heterocycles. The van der Waals surface area contributed by atoms with E-state index >= 15 is 4.39 Å². The molecule has 5 aliphatic rings. The Morgan fingerprint density at radius 3 is 2.76 bits per heavy atom. The molecule has 2 unspecified atom stereocenters. The molecule has 42 heavy (non-hydrogen) atoms. The molecular weight excluding hydrogens is 543 g/mol. The molecule has 4 N–H and O–H groups in total. The summed E-state index contributed by atoms with van der Waals surface area (Å²) in [6, 6.07) is -1.91. The Bertz CT molecular complexity index is 1380. The number of hydrogen-bond acceptors (Lipinski definition) is 8. The summed E-state index contributed by atoms with van der Waals surface area (Å²) in [4.78, 5) is 58.3. The number of allylic oxidation sites excluding steroid dienone is 4. The summed E-state index contributed by atoms with van der Waals surface area (Å²) in [6.07, 6.45) is 10.6. The lowest BCUT2D eigenvalue weighted by molar-refractivity contribution is -0.292. The van der Waals surface area contributed by atoms with E-state index in [1.165, 1.54) is 25.5 Å². The van der Waals surface area contributed by atoms with Gasteiger partial charge >= 0.3 is 5.97 Å². The number of nitrogens with one attached hydrogen (secondary N) is 2. The number of aromatic amines is 1. The van der Waals surface area contributed by atoms with Crippen molar-refractivity contribution in [2.24, 2.45) is 34.3 Å². The number of ketones is 2. The highest BCUT2D eigenvalue weighted by Crippen LogP contribution is 2.74. The van der Waals surface area contributed by atoms with Crippen LogP contribution in [0.3, 0.4) is 0 Å². The molecular formula is C31H39FN4O6. The quantitative estimate of drug-likeness (QED) is 0.395. The molecule has 4 fully saturated rings. The van der Waals surface area contributed by atoms with E-state index < -0.39 is 52.7 Å². The minimum absolute atomic E-state index is 0.0671. The molecule has 0 bridgehead atoms. The van der Waals surface area contributed by atoms with Gasteiger partial charge in [0.15, 0.2) is 12.4 Å². The van der Waals surface area contributed by atoms with Crippen molar-refractivity contribution in [2.75, 3.05) is 13.2 Å². The molecule has 9 atom stereocenters. The van der Waals surface area contributed by atoms with Crippen LogP contribution >= 0.6 is 0 Å². The molecule has 1 aromatic rings. The molecule has 2 heterocycles. The number of imidazole rings is 1. The zero-order valence-electron chi connectivity index (χ0n) is 24.3. The number of H-pyrrole nitrogens is 1. The lowest BCUT2D eigenvalue weighted by atomic mass is 9.44. The average Bonchev–Trinajstić information content (AvgIpc) is 3.50. The number of nitrogens with two attached hydrogens (primary N) is 1. The molecule has 1 amide bonds. The van der Waals surface area contributed by atoms with Gasteiger partial charge in [-0.2, -0.15) is 0 Å². The van der Waals surface area contributed by atoms with Crippen LogP contribution in [0.25, 0.3) is 0 Å². The molecule has 3 saturated carbocycles. The summed E-state index contributed by atoms with van der Waals surface area (Å²) in [6.45, 7) is 5.24. The van der Waals surface area contributed by atoms with Gasteiger partial charge in [-0.15, -0.1) is 0 Å². The number of amides is 1. The monoisotopic (exact) mass is 582 g/mol. The Morgan fingerprint density at radius 1 is 1.31 bits per heavy atom. The van der Waals surface area contributed by atoms with Crippen molar-refractivity contribution in [1.82, 2.24) is 15.3 Å². The van der Waals surface area contributed by atoms with Gasteiger partial charge in [0.25, 0.3) is 0 Å². The number of nitrogens with zero attached hydrogens (tertiary/aromatic N) is 1. The molecule has 1 spiro atoms. The lowest BCUT2D eigenvalue weighted by Gasteiger charge is -2.65. The molecule has 0 aromatic carbocycles. The van der Waals surface area contributed by atoms with Gasteiger partial charge in [0.2, 0.25) is 11.7 Å². The van der Waals surface area contributed by atoms with E-state index in [-0.39, 0.29) is 42.2 Å². The number of halogens is 1. The third-order valence-corrected chi connectivity index (χ3v) is 11.2. The Balaban J connectivity index is 1.20. The smallest absolute Gasteiger partial charge is 0.329 e. The van der Waals surface area contributed by atoms with Gasteiger partial charge in [-0.25, -0.2) is 14.2 Å². The van der Waals surface area contributed by atoms with E-state index in [2.05, 4.69) is 15.3 Å². The number of esters is 1. The van der Waals surface area contributed by atoms with E-state index in [1.807, 2.05) is 13.8 Å². The van der Waals surface area contributed by atoms with E-state index in [0.717, 1.165) is 5.57 Å². The Morgan fingerprint density at radius 2 is 2.10 bits per heavy atom. The summed E-state index contributed by atoms with van der Waals surface area (Å²) < 4.78 is 29.0. The Hall–Kier alpha value is -3.18. The number of rotatable bonds is 8. The van der Waals surface area contributed by atoms with Crippen molar-refractivity contribution in [2.45, 2.75) is 82.6 Å². The van der Waals surface area contributed by atoms with Gasteiger partial charge in [-0.05, 0) is 75.9 Å². The van der Waals surface area contributed by atoms with Crippen molar-refractivity contribution in [3.63, 3.8) is 0 Å². The van der Waals surface area contributed by atoms with Crippen LogP contribution in [0.5, 0.6) is 0 Å². The van der Waals surface area contributed by atoms with Crippen molar-refractivity contribution in [3.8, 4) is 0 Å². The maximum atomic E-state index is 17.3. The van der Waals surface area contributed by atoms with Gasteiger partial charge in [-0.3, -0.25) is 14.4 Å². The zero-order valence-corrected chi connectivity index (χ0v) is 24.3. The van der Waals surface area contributed by atoms with Crippen LogP contribution < -0.4 is 11.1 Å². The van der Waals surface area contributed by atoms with Crippen molar-refractivity contribution in [1.29, 1.82) is 0 Å². The minimum atomic E-state index is -1.52. The van der Waals surface area contributed by atoms with Crippen LogP contribution in [-0.4, -0.2) is 70.0 Å². The van der Waals surface area contributed by atoms with E-state index in [9.17, 15) is 19.2 Å². The molecule has 4 aliphatic carbocycles. The third-order valence-electron chi connectivity index (χ3n) is 11.2. The van der Waals surface area contributed by atoms with Crippen LogP contribution in [-0.2, 0) is 35.1 Å². The normalized spacial score (nSPS) is 39.4. The molecule has 0 radical (unpaired) electrons. The van der Waals surface area contributed by atoms with Crippen molar-refractivity contribution >= 4 is 23.4 Å². The number of ether oxygens (including phenoxy) is 2. The summed E-state index contributed by atoms with van der Waals surface area (Å²) >= 11 is 0. The fourth-order valence-electron chi connectivity index (χ4n) is 9.04. The molecule has 226 valence electrons. The third kappa shape index (κ3) is 3.92. The van der Waals surface area contributed by atoms with Gasteiger partial charge in [0, 0.05) is 29.1 Å². The highest BCUT2D eigenvalue weighted by atomic mass is 19.1. The van der Waals surface area contributed by atoms with Crippen LogP contribution in [0.2, 0.25) is 0 Å². The minimum Gasteiger partial charge on any atom is -0.456 e. The first-order chi connectivity index (χ1) is 19.9. The van der Waals surface area contributed by atoms with Crippen molar-refractivity contribution < 1.29 is 33.0 Å². The average molecular weight is 583 g/mol. The van der Waals surface area contributed by atoms with Gasteiger partial charge in [0.1, 0.15) is 17.3 Å². The van der Waals surface area contributed by atoms with Gasteiger partial charge in [-0.1, -0.05) is 18.6 Å². The first-order valence-corrected chi connectivity index (χ1v) is 14.9. The Labute approximate surface area is 244 Å². The zero-order chi connectivity index (χ0) is 30.1. The van der Waals surface area contributed by atoms with Crippen LogP contribution in [0, 0.1) is 28.6 Å². The second-order valence-corrected chi connectivity index (χ2v) is 13.2. The fourth-order valence-corrected chi connectivity index (χ4v) is 9.04. The number of alkyl halides is 1. The van der Waals surface area contributed by atoms with E-state index in [1.54, 1.807) is 12.2 Å². The highest BCUT2D eigenvalue weighted by Gasteiger charge is 2.79. The number of aromatic nitrogens is 2. The van der Waals surface area contributed by atoms with Crippen LogP contribution in [0.15, 0.2) is 36.3 Å². The van der Waals surface area contributed by atoms with Crippen LogP contribution in [0.4, 0.5) is 4.39 Å². The topological polar surface area (TPSA) is 153 Å². The second kappa shape index (κ2) is 9.94. The molecule has 10 nitrogen and oxygen atoms in total. The number of carbonyl (C=O) groups excluding carboxylic acids is 4. The maximum Gasteiger partial charge on any atom is 0.329 e. The number of fused-ring (bicyclic) bond motifs is 4. The first-order valence-electron chi connectivity index (χ1n) is 14.9. The highest BCUT2D eigenvalue weighted by molar-refractivity contribution is 6.01. The summed E-state index contributed by atoms with van der Waals surface area (Å²) in [7, 11) is 0. The maximum absolute atomic E-state index is 17.3. The molecule has 11 heteroatoms. The summed E-state index contributed by atoms with van der Waals surface area (Å²) in [5.74, 6) is -2.23. The molecule has 1 aromatic heterocycles. The standard InChI is InChI=1S/C31H39FN4O6/c1-17-10-23-22-5-4-19-11-21(37)6-7-28(19,3)30(22,32)9-8-29(23)15-42-31(17,29)25(38)14-41-27(40)24(36-26(39)18(2)33)12-20-13-34-16-35-20/h6-7,11,13,16-18,22-24H,4-5,8-10,12,14-15,33H2,1-3H3,(H,34,35)(H,36,39)/t17-,18?,22-,23-,24?,28-,29+,30+,31-/m0/s1. The predicted octanol–water partition coefficient (Wildman–Crippen LogP) is 2.29. The lowest BCUT2D eigenvalue weighted by Crippen LogP contribution is -2.73. The number of hydrogen-bond donors (Lipinski definition) is 3. The fraction of sp³-hybridized carbons (Fsp3) is 0.645. The first kappa shape index (κ1) is 28.9. The largest absolute Gasteiger partial charge is 0.456 e. The molecule has 6 rings (SSSR count). The van der Waals surface area contributed by atoms with Crippen LogP contribution in [0.1, 0.15) is 58.6 Å². The second-order valence-electron chi connectivity index (χ2n) is 13.2. The number of Topliss-reactive ketones (excluding diaryl/α,β-unsaturated/α-hetero) is 1. The predicted molar refractivity (Wildman–Crippen MR) is 148 cm³/mol. The Kier molecular flexibility index (Phi) is 6.84. The van der Waals surface area contributed by atoms with E-state index in [0.29, 0.717) is 38.0 Å². The SMILES string of the molecule is CC(N)C(=O)NC(Cc1cnc[nH]1)C(=O)OCC(=O)[C@]12OC[C@@]13CC[C@@]1(F)[C@@H](CCC4=CC(=O)C=C[C@@]41C)[C@@H]3C[C@@H]2C. The molecule has 1 saturated heterocycles. The van der Waals surface area contributed by atoms with Crippen molar-refractivity contribution in [3.05, 3.63) is 42.0 Å². The summed E-state index contributed by atoms with van der Waals surface area (Å²) in [5.41, 5.74) is 3.10. The van der Waals surface area contributed by atoms with E-state index in [4.69, 9.17) is 15.2 Å². The summed E-state index contributed by atoms with van der Waals surface area (Å²) in [5, 5.41) is 2.60. The van der Waals surface area contributed by atoms with Gasteiger partial charge < -0.3 is 25.5 Å².